The summed E-state index contributed by atoms with van der Waals surface area (Å²) in [6.07, 6.45) is 1.28. The van der Waals surface area contributed by atoms with Gasteiger partial charge in [-0.1, -0.05) is 42.5 Å². The van der Waals surface area contributed by atoms with E-state index in [2.05, 4.69) is 0 Å². The van der Waals surface area contributed by atoms with Crippen LogP contribution in [0.15, 0.2) is 42.5 Å². The average Bonchev–Trinajstić information content (AvgIpc) is 2.26. The van der Waals surface area contributed by atoms with E-state index in [1.807, 2.05) is 42.5 Å². The molecule has 0 aromatic heterocycles. The van der Waals surface area contributed by atoms with Crippen LogP contribution in [-0.2, 0) is 9.84 Å². The molecule has 0 heterocycles. The van der Waals surface area contributed by atoms with Crippen molar-refractivity contribution in [2.45, 2.75) is 12.2 Å². The van der Waals surface area contributed by atoms with E-state index >= 15 is 0 Å². The number of fused-ring (bicyclic) bond motifs is 1. The fourth-order valence-electron chi connectivity index (χ4n) is 1.84. The highest BCUT2D eigenvalue weighted by Crippen LogP contribution is 2.28. The Morgan fingerprint density at radius 3 is 2.31 bits per heavy atom. The van der Waals surface area contributed by atoms with Crippen LogP contribution in [0.2, 0.25) is 0 Å². The van der Waals surface area contributed by atoms with E-state index < -0.39 is 15.1 Å². The third-order valence-electron chi connectivity index (χ3n) is 2.90. The van der Waals surface area contributed by atoms with Gasteiger partial charge in [0.2, 0.25) is 0 Å². The summed E-state index contributed by atoms with van der Waals surface area (Å²) in [5.41, 5.74) is 0.876. The van der Waals surface area contributed by atoms with Gasteiger partial charge in [-0.3, -0.25) is 0 Å². The maximum absolute atomic E-state index is 11.6. The molecular weight excluding hydrogens is 220 g/mol. The lowest BCUT2D eigenvalue weighted by molar-refractivity contribution is 0.592. The molecule has 0 radical (unpaired) electrons. The second-order valence-electron chi connectivity index (χ2n) is 4.04. The van der Waals surface area contributed by atoms with E-state index in [4.69, 9.17) is 0 Å². The first-order valence-corrected chi connectivity index (χ1v) is 7.12. The van der Waals surface area contributed by atoms with Crippen molar-refractivity contribution < 1.29 is 8.42 Å². The van der Waals surface area contributed by atoms with Crippen LogP contribution in [0.5, 0.6) is 0 Å². The maximum atomic E-state index is 11.6. The van der Waals surface area contributed by atoms with Crippen LogP contribution in [0.1, 0.15) is 17.7 Å². The Kier molecular flexibility index (Phi) is 2.72. The summed E-state index contributed by atoms with van der Waals surface area (Å²) in [4.78, 5) is 0. The molecule has 0 spiro atoms. The fourth-order valence-corrected chi connectivity index (χ4v) is 2.50. The van der Waals surface area contributed by atoms with Crippen molar-refractivity contribution in [2.75, 3.05) is 6.26 Å². The van der Waals surface area contributed by atoms with E-state index in [0.717, 1.165) is 16.3 Å². The molecule has 0 saturated heterocycles. The lowest BCUT2D eigenvalue weighted by Gasteiger charge is -2.12. The Bertz CT molecular complexity index is 609. The second-order valence-corrected chi connectivity index (χ2v) is 6.41. The molecule has 0 N–H and O–H groups in total. The zero-order chi connectivity index (χ0) is 11.8. The second kappa shape index (κ2) is 3.91. The monoisotopic (exact) mass is 234 g/mol. The van der Waals surface area contributed by atoms with Gasteiger partial charge in [0.25, 0.3) is 0 Å². The summed E-state index contributed by atoms with van der Waals surface area (Å²) in [5, 5.41) is 1.64. The maximum Gasteiger partial charge on any atom is 0.154 e. The highest BCUT2D eigenvalue weighted by atomic mass is 32.2. The predicted octanol–water partition coefficient (Wildman–Crippen LogP) is 2.95. The summed E-state index contributed by atoms with van der Waals surface area (Å²) >= 11 is 0. The van der Waals surface area contributed by atoms with E-state index in [0.29, 0.717) is 0 Å². The molecule has 2 aromatic rings. The number of benzene rings is 2. The first-order chi connectivity index (χ1) is 7.50. The van der Waals surface area contributed by atoms with E-state index in [9.17, 15) is 8.42 Å². The van der Waals surface area contributed by atoms with Gasteiger partial charge in [-0.05, 0) is 23.3 Å². The molecule has 2 nitrogen and oxygen atoms in total. The van der Waals surface area contributed by atoms with Gasteiger partial charge in [0.15, 0.2) is 9.84 Å². The lowest BCUT2D eigenvalue weighted by Crippen LogP contribution is -2.07. The Balaban J connectivity index is 2.70. The van der Waals surface area contributed by atoms with Crippen LogP contribution in [0.25, 0.3) is 10.8 Å². The molecule has 0 amide bonds. The summed E-state index contributed by atoms with van der Waals surface area (Å²) < 4.78 is 23.2. The molecule has 0 aliphatic heterocycles. The Morgan fingerprint density at radius 1 is 1.00 bits per heavy atom. The molecule has 0 aliphatic rings. The first-order valence-electron chi connectivity index (χ1n) is 5.16. The summed E-state index contributed by atoms with van der Waals surface area (Å²) in [6.45, 7) is 1.73. The van der Waals surface area contributed by atoms with Gasteiger partial charge < -0.3 is 0 Å². The quantitative estimate of drug-likeness (QED) is 0.800. The standard InChI is InChI=1S/C13H14O2S/c1-10(16(2,14)15)12-9-5-7-11-6-3-4-8-13(11)12/h3-10H,1-2H3. The molecule has 1 atom stereocenters. The molecule has 1 unspecified atom stereocenters. The molecule has 2 rings (SSSR count). The zero-order valence-corrected chi connectivity index (χ0v) is 10.2. The molecule has 0 saturated carbocycles. The van der Waals surface area contributed by atoms with Crippen molar-refractivity contribution in [1.82, 2.24) is 0 Å². The Labute approximate surface area is 95.8 Å². The lowest BCUT2D eigenvalue weighted by atomic mass is 10.0. The molecule has 0 fully saturated rings. The van der Waals surface area contributed by atoms with Gasteiger partial charge in [-0.15, -0.1) is 0 Å². The zero-order valence-electron chi connectivity index (χ0n) is 9.34. The van der Waals surface area contributed by atoms with Crippen molar-refractivity contribution in [1.29, 1.82) is 0 Å². The van der Waals surface area contributed by atoms with Crippen molar-refractivity contribution >= 4 is 20.6 Å². The third kappa shape index (κ3) is 1.95. The van der Waals surface area contributed by atoms with Gasteiger partial charge in [-0.2, -0.15) is 0 Å². The number of hydrogen-bond acceptors (Lipinski definition) is 2. The smallest absolute Gasteiger partial charge is 0.154 e. The highest BCUT2D eigenvalue weighted by molar-refractivity contribution is 7.90. The van der Waals surface area contributed by atoms with Crippen LogP contribution < -0.4 is 0 Å². The number of sulfone groups is 1. The minimum Gasteiger partial charge on any atom is -0.229 e. The largest absolute Gasteiger partial charge is 0.229 e. The van der Waals surface area contributed by atoms with Crippen molar-refractivity contribution in [3.05, 3.63) is 48.0 Å². The molecule has 3 heteroatoms. The molecule has 16 heavy (non-hydrogen) atoms. The summed E-state index contributed by atoms with van der Waals surface area (Å²) in [6, 6.07) is 13.6. The van der Waals surface area contributed by atoms with Crippen molar-refractivity contribution in [3.8, 4) is 0 Å². The van der Waals surface area contributed by atoms with Crippen molar-refractivity contribution in [3.63, 3.8) is 0 Å². The van der Waals surface area contributed by atoms with E-state index in [1.54, 1.807) is 6.92 Å². The van der Waals surface area contributed by atoms with Crippen LogP contribution in [0.4, 0.5) is 0 Å². The highest BCUT2D eigenvalue weighted by Gasteiger charge is 2.18. The predicted molar refractivity (Wildman–Crippen MR) is 67.2 cm³/mol. The van der Waals surface area contributed by atoms with Gasteiger partial charge in [0.1, 0.15) is 0 Å². The SMILES string of the molecule is CC(c1cccc2ccccc12)S(C)(=O)=O. The van der Waals surface area contributed by atoms with Gasteiger partial charge in [-0.25, -0.2) is 8.42 Å². The third-order valence-corrected chi connectivity index (χ3v) is 4.44. The average molecular weight is 234 g/mol. The molecule has 0 bridgehead atoms. The number of rotatable bonds is 2. The summed E-state index contributed by atoms with van der Waals surface area (Å²) in [5.74, 6) is 0. The minimum absolute atomic E-state index is 0.460. The van der Waals surface area contributed by atoms with E-state index in [-0.39, 0.29) is 0 Å². The fraction of sp³-hybridized carbons (Fsp3) is 0.231. The minimum atomic E-state index is -3.05. The Morgan fingerprint density at radius 2 is 1.62 bits per heavy atom. The molecule has 2 aromatic carbocycles. The van der Waals surface area contributed by atoms with Crippen molar-refractivity contribution in [2.24, 2.45) is 0 Å². The van der Waals surface area contributed by atoms with Crippen LogP contribution in [0.3, 0.4) is 0 Å². The van der Waals surface area contributed by atoms with Gasteiger partial charge >= 0.3 is 0 Å². The van der Waals surface area contributed by atoms with E-state index in [1.165, 1.54) is 6.26 Å². The number of hydrogen-bond donors (Lipinski definition) is 0. The summed E-state index contributed by atoms with van der Waals surface area (Å²) in [7, 11) is -3.05. The molecular formula is C13H14O2S. The van der Waals surface area contributed by atoms with Gasteiger partial charge in [0, 0.05) is 6.26 Å². The normalized spacial score (nSPS) is 13.9. The first kappa shape index (κ1) is 11.1. The Hall–Kier alpha value is -1.35. The van der Waals surface area contributed by atoms with Gasteiger partial charge in [0.05, 0.1) is 5.25 Å². The van der Waals surface area contributed by atoms with Crippen LogP contribution in [0, 0.1) is 0 Å². The molecule has 0 aliphatic carbocycles. The molecule has 84 valence electrons. The van der Waals surface area contributed by atoms with Crippen LogP contribution >= 0.6 is 0 Å². The van der Waals surface area contributed by atoms with Crippen LogP contribution in [-0.4, -0.2) is 14.7 Å². The topological polar surface area (TPSA) is 34.1 Å².